The standard InChI is InChI=1S/C30H38N6O3/c1-21-13-35(27-12-28(37)33(2)29-26(27)4-3-9-32-29)17-25(39-21)16-34-14-23(15-34)22-5-7-24(8-6-22)36-19-30(20-36)18-31-10-11-38-30/h3-9,12,21,23,25,31H,10-11,13-20H2,1-2H3. The van der Waals surface area contributed by atoms with Gasteiger partial charge in [-0.05, 0) is 36.8 Å². The van der Waals surface area contributed by atoms with Crippen molar-refractivity contribution in [2.75, 3.05) is 75.3 Å². The number of nitrogens with zero attached hydrogens (tertiary/aromatic N) is 5. The van der Waals surface area contributed by atoms with E-state index in [0.29, 0.717) is 5.92 Å². The SMILES string of the molecule is CC1CN(c2cc(=O)n(C)c3ncccc23)CC(CN2CC(c3ccc(N4CC5(CNCCO5)C4)cc3)C2)O1. The number of aryl methyl sites for hydroxylation is 1. The predicted molar refractivity (Wildman–Crippen MR) is 153 cm³/mol. The second-order valence-electron chi connectivity index (χ2n) is 11.8. The molecular formula is C30H38N6O3. The molecule has 4 fully saturated rings. The van der Waals surface area contributed by atoms with Gasteiger partial charge in [0.2, 0.25) is 0 Å². The van der Waals surface area contributed by atoms with E-state index in [2.05, 4.69) is 62.3 Å². The zero-order valence-corrected chi connectivity index (χ0v) is 22.9. The van der Waals surface area contributed by atoms with Gasteiger partial charge in [-0.3, -0.25) is 14.3 Å². The number of pyridine rings is 2. The van der Waals surface area contributed by atoms with E-state index in [4.69, 9.17) is 9.47 Å². The monoisotopic (exact) mass is 530 g/mol. The molecule has 0 bridgehead atoms. The Kier molecular flexibility index (Phi) is 6.34. The van der Waals surface area contributed by atoms with Crippen LogP contribution in [-0.4, -0.2) is 97.8 Å². The first-order valence-electron chi connectivity index (χ1n) is 14.2. The Morgan fingerprint density at radius 2 is 1.90 bits per heavy atom. The Morgan fingerprint density at radius 3 is 2.67 bits per heavy atom. The highest BCUT2D eigenvalue weighted by Crippen LogP contribution is 2.34. The van der Waals surface area contributed by atoms with Gasteiger partial charge in [-0.1, -0.05) is 12.1 Å². The van der Waals surface area contributed by atoms with E-state index in [1.54, 1.807) is 23.9 Å². The fraction of sp³-hybridized carbons (Fsp3) is 0.533. The van der Waals surface area contributed by atoms with Gasteiger partial charge in [0.05, 0.1) is 37.6 Å². The van der Waals surface area contributed by atoms with Crippen LogP contribution < -0.4 is 20.7 Å². The number of anilines is 2. The molecule has 4 saturated heterocycles. The molecule has 1 aromatic carbocycles. The molecule has 6 heterocycles. The molecule has 0 saturated carbocycles. The number of likely N-dealkylation sites (tertiary alicyclic amines) is 1. The van der Waals surface area contributed by atoms with Crippen LogP contribution in [0.1, 0.15) is 18.4 Å². The lowest BCUT2D eigenvalue weighted by atomic mass is 9.89. The van der Waals surface area contributed by atoms with Crippen molar-refractivity contribution >= 4 is 22.4 Å². The van der Waals surface area contributed by atoms with Crippen molar-refractivity contribution in [3.05, 3.63) is 64.6 Å². The van der Waals surface area contributed by atoms with Crippen molar-refractivity contribution in [2.24, 2.45) is 7.05 Å². The summed E-state index contributed by atoms with van der Waals surface area (Å²) < 4.78 is 14.0. The molecule has 206 valence electrons. The maximum absolute atomic E-state index is 12.7. The molecule has 2 aromatic heterocycles. The Bertz CT molecular complexity index is 1390. The van der Waals surface area contributed by atoms with Crippen molar-refractivity contribution in [1.82, 2.24) is 19.8 Å². The van der Waals surface area contributed by atoms with Gasteiger partial charge < -0.3 is 24.6 Å². The third-order valence-electron chi connectivity index (χ3n) is 8.88. The fourth-order valence-electron chi connectivity index (χ4n) is 6.78. The van der Waals surface area contributed by atoms with Crippen LogP contribution in [0.3, 0.4) is 0 Å². The largest absolute Gasteiger partial charge is 0.370 e. The van der Waals surface area contributed by atoms with E-state index in [9.17, 15) is 4.79 Å². The van der Waals surface area contributed by atoms with E-state index in [-0.39, 0.29) is 23.4 Å². The fourth-order valence-corrected chi connectivity index (χ4v) is 6.78. The van der Waals surface area contributed by atoms with Gasteiger partial charge in [-0.25, -0.2) is 4.98 Å². The molecule has 3 aromatic rings. The zero-order chi connectivity index (χ0) is 26.6. The summed E-state index contributed by atoms with van der Waals surface area (Å²) in [4.78, 5) is 24.4. The quantitative estimate of drug-likeness (QED) is 0.536. The van der Waals surface area contributed by atoms with Crippen LogP contribution in [0.5, 0.6) is 0 Å². The summed E-state index contributed by atoms with van der Waals surface area (Å²) in [6, 6.07) is 14.9. The third kappa shape index (κ3) is 4.71. The molecular weight excluding hydrogens is 492 g/mol. The number of fused-ring (bicyclic) bond motifs is 1. The number of aromatic nitrogens is 2. The summed E-state index contributed by atoms with van der Waals surface area (Å²) in [5, 5.41) is 4.47. The van der Waals surface area contributed by atoms with Crippen LogP contribution >= 0.6 is 0 Å². The number of morpholine rings is 2. The summed E-state index contributed by atoms with van der Waals surface area (Å²) in [5.41, 5.74) is 4.37. The molecule has 1 N–H and O–H groups in total. The highest BCUT2D eigenvalue weighted by molar-refractivity contribution is 5.89. The number of benzene rings is 1. The molecule has 0 radical (unpaired) electrons. The molecule has 4 aliphatic heterocycles. The topological polar surface area (TPSA) is 75.1 Å². The van der Waals surface area contributed by atoms with Gasteiger partial charge in [0, 0.05) is 82.1 Å². The molecule has 2 unspecified atom stereocenters. The van der Waals surface area contributed by atoms with E-state index >= 15 is 0 Å². The van der Waals surface area contributed by atoms with Crippen LogP contribution in [0.25, 0.3) is 11.0 Å². The minimum absolute atomic E-state index is 0.0132. The summed E-state index contributed by atoms with van der Waals surface area (Å²) in [6.45, 7) is 11.3. The number of hydrogen-bond donors (Lipinski definition) is 1. The predicted octanol–water partition coefficient (Wildman–Crippen LogP) is 1.81. The maximum Gasteiger partial charge on any atom is 0.253 e. The Morgan fingerprint density at radius 1 is 1.08 bits per heavy atom. The summed E-state index contributed by atoms with van der Waals surface area (Å²) in [7, 11) is 1.78. The molecule has 9 nitrogen and oxygen atoms in total. The second kappa shape index (κ2) is 9.89. The number of rotatable bonds is 5. The zero-order valence-electron chi connectivity index (χ0n) is 22.9. The van der Waals surface area contributed by atoms with Crippen LogP contribution in [0.4, 0.5) is 11.4 Å². The highest BCUT2D eigenvalue weighted by atomic mass is 16.5. The van der Waals surface area contributed by atoms with Gasteiger partial charge in [-0.15, -0.1) is 0 Å². The number of ether oxygens (including phenoxy) is 2. The molecule has 9 heteroatoms. The highest BCUT2D eigenvalue weighted by Gasteiger charge is 2.45. The maximum atomic E-state index is 12.7. The van der Waals surface area contributed by atoms with Crippen molar-refractivity contribution in [3.8, 4) is 0 Å². The van der Waals surface area contributed by atoms with Crippen LogP contribution in [0, 0.1) is 0 Å². The molecule has 7 rings (SSSR count). The van der Waals surface area contributed by atoms with E-state index in [0.717, 1.165) is 82.2 Å². The minimum atomic E-state index is -0.0311. The van der Waals surface area contributed by atoms with Crippen molar-refractivity contribution in [1.29, 1.82) is 0 Å². The second-order valence-corrected chi connectivity index (χ2v) is 11.8. The summed E-state index contributed by atoms with van der Waals surface area (Å²) in [6.07, 6.45) is 1.94. The molecule has 4 aliphatic rings. The molecule has 0 amide bonds. The van der Waals surface area contributed by atoms with Gasteiger partial charge in [0.15, 0.2) is 0 Å². The first-order valence-corrected chi connectivity index (χ1v) is 14.2. The first-order chi connectivity index (χ1) is 19.0. The van der Waals surface area contributed by atoms with Crippen molar-refractivity contribution in [2.45, 2.75) is 30.7 Å². The summed E-state index contributed by atoms with van der Waals surface area (Å²) >= 11 is 0. The first kappa shape index (κ1) is 25.0. The molecule has 2 atom stereocenters. The lowest BCUT2D eigenvalue weighted by Crippen LogP contribution is -2.69. The third-order valence-corrected chi connectivity index (χ3v) is 8.88. The van der Waals surface area contributed by atoms with Gasteiger partial charge in [0.25, 0.3) is 5.56 Å². The normalized spacial score (nSPS) is 25.6. The molecule has 39 heavy (non-hydrogen) atoms. The Balaban J connectivity index is 0.955. The van der Waals surface area contributed by atoms with Crippen molar-refractivity contribution < 1.29 is 9.47 Å². The van der Waals surface area contributed by atoms with Gasteiger partial charge in [0.1, 0.15) is 11.2 Å². The lowest BCUT2D eigenvalue weighted by Gasteiger charge is -2.52. The van der Waals surface area contributed by atoms with E-state index in [1.807, 2.05) is 6.07 Å². The average molecular weight is 531 g/mol. The Labute approximate surface area is 229 Å². The van der Waals surface area contributed by atoms with E-state index in [1.165, 1.54) is 11.3 Å². The van der Waals surface area contributed by atoms with E-state index < -0.39 is 0 Å². The van der Waals surface area contributed by atoms with Gasteiger partial charge >= 0.3 is 0 Å². The lowest BCUT2D eigenvalue weighted by molar-refractivity contribution is -0.0828. The minimum Gasteiger partial charge on any atom is -0.370 e. The molecule has 0 aliphatic carbocycles. The molecule has 1 spiro atoms. The van der Waals surface area contributed by atoms with Crippen molar-refractivity contribution in [3.63, 3.8) is 0 Å². The summed E-state index contributed by atoms with van der Waals surface area (Å²) in [5.74, 6) is 0.567. The van der Waals surface area contributed by atoms with Crippen LogP contribution in [0.15, 0.2) is 53.5 Å². The number of nitrogens with one attached hydrogen (secondary N) is 1. The van der Waals surface area contributed by atoms with Crippen LogP contribution in [-0.2, 0) is 16.5 Å². The number of hydrogen-bond acceptors (Lipinski definition) is 8. The van der Waals surface area contributed by atoms with Gasteiger partial charge in [-0.2, -0.15) is 0 Å². The smallest absolute Gasteiger partial charge is 0.253 e. The average Bonchev–Trinajstić information content (AvgIpc) is 2.91. The Hall–Kier alpha value is -2.98. The van der Waals surface area contributed by atoms with Crippen LogP contribution in [0.2, 0.25) is 0 Å².